The summed E-state index contributed by atoms with van der Waals surface area (Å²) in [4.78, 5) is 27.0. The van der Waals surface area contributed by atoms with Crippen LogP contribution in [0.5, 0.6) is 0 Å². The Morgan fingerprint density at radius 1 is 1.68 bits per heavy atom. The average Bonchev–Trinajstić information content (AvgIpc) is 2.75. The minimum Gasteiger partial charge on any atom is -0.394 e. The molecule has 1 amide bonds. The number of anilines is 1. The van der Waals surface area contributed by atoms with Crippen LogP contribution in [0.4, 0.5) is 10.2 Å². The fourth-order valence-electron chi connectivity index (χ4n) is 2.40. The van der Waals surface area contributed by atoms with E-state index in [9.17, 15) is 24.2 Å². The van der Waals surface area contributed by atoms with Gasteiger partial charge in [-0.3, -0.25) is 14.8 Å². The second kappa shape index (κ2) is 5.61. The Labute approximate surface area is 123 Å². The fraction of sp³-hybridized carbons (Fsp3) is 0.545. The quantitative estimate of drug-likeness (QED) is 0.227. The number of amides is 1. The zero-order chi connectivity index (χ0) is 16.7. The molecule has 1 aromatic rings. The highest BCUT2D eigenvalue weighted by Crippen LogP contribution is 2.43. The molecule has 11 heteroatoms. The molecule has 1 aliphatic heterocycles. The maximum atomic E-state index is 13.5. The van der Waals surface area contributed by atoms with Crippen molar-refractivity contribution in [2.45, 2.75) is 25.4 Å². The first-order valence-corrected chi connectivity index (χ1v) is 6.27. The van der Waals surface area contributed by atoms with E-state index in [1.54, 1.807) is 0 Å². The van der Waals surface area contributed by atoms with Crippen LogP contribution in [-0.4, -0.2) is 44.5 Å². The number of nitrogens with one attached hydrogen (secondary N) is 1. The molecule has 2 rings (SSSR count). The van der Waals surface area contributed by atoms with Crippen LogP contribution in [0.25, 0.3) is 0 Å². The van der Waals surface area contributed by atoms with Gasteiger partial charge in [0.15, 0.2) is 17.9 Å². The van der Waals surface area contributed by atoms with E-state index in [4.69, 9.17) is 16.3 Å². The van der Waals surface area contributed by atoms with E-state index >= 15 is 0 Å². The van der Waals surface area contributed by atoms with Gasteiger partial charge in [-0.15, -0.1) is 0 Å². The predicted octanol–water partition coefficient (Wildman–Crippen LogP) is -2.79. The topological polar surface area (TPSA) is 166 Å². The summed E-state index contributed by atoms with van der Waals surface area (Å²) in [5.41, 5.74) is 4.42. The molecule has 0 spiro atoms. The van der Waals surface area contributed by atoms with Gasteiger partial charge in [-0.05, 0) is 6.92 Å². The summed E-state index contributed by atoms with van der Waals surface area (Å²) in [6.45, 7) is 0.671. The molecule has 0 aliphatic carbocycles. The molecule has 1 fully saturated rings. The number of hydrogen-bond acceptors (Lipinski definition) is 8. The first kappa shape index (κ1) is 16.3. The smallest absolute Gasteiger partial charge is 0.351 e. The lowest BCUT2D eigenvalue weighted by molar-refractivity contribution is -0.138. The van der Waals surface area contributed by atoms with Crippen molar-refractivity contribution in [1.82, 2.24) is 15.0 Å². The lowest BCUT2D eigenvalue weighted by Gasteiger charge is -2.29. The Kier molecular flexibility index (Phi) is 4.15. The molecule has 0 bridgehead atoms. The van der Waals surface area contributed by atoms with Gasteiger partial charge >= 0.3 is 5.69 Å². The van der Waals surface area contributed by atoms with Crippen LogP contribution in [0.2, 0.25) is 0 Å². The van der Waals surface area contributed by atoms with Gasteiger partial charge in [-0.1, -0.05) is 0 Å². The van der Waals surface area contributed by atoms with Gasteiger partial charge in [-0.25, -0.2) is 15.0 Å². The third-order valence-corrected chi connectivity index (χ3v) is 3.85. The third-order valence-electron chi connectivity index (χ3n) is 3.85. The van der Waals surface area contributed by atoms with Gasteiger partial charge in [0, 0.05) is 0 Å². The number of hydrazine groups is 1. The van der Waals surface area contributed by atoms with Gasteiger partial charge in [-0.2, -0.15) is 4.98 Å². The van der Waals surface area contributed by atoms with Gasteiger partial charge in [0.1, 0.15) is 17.6 Å². The lowest BCUT2D eigenvalue weighted by atomic mass is 9.79. The normalized spacial score (nSPS) is 31.2. The van der Waals surface area contributed by atoms with Crippen molar-refractivity contribution < 1.29 is 24.1 Å². The maximum absolute atomic E-state index is 13.5. The first-order chi connectivity index (χ1) is 10.3. The molecular formula is C11H16FN5O5. The highest BCUT2D eigenvalue weighted by molar-refractivity contribution is 5.83. The van der Waals surface area contributed by atoms with Crippen LogP contribution in [0.1, 0.15) is 13.2 Å². The molecule has 0 radical (unpaired) electrons. The van der Waals surface area contributed by atoms with Gasteiger partial charge in [0.2, 0.25) is 5.91 Å². The van der Waals surface area contributed by atoms with Gasteiger partial charge < -0.3 is 20.7 Å². The number of aliphatic hydroxyl groups is 2. The molecule has 2 heterocycles. The Bertz CT molecular complexity index is 652. The number of ether oxygens (including phenoxy) is 1. The number of nitrogens with zero attached hydrogens (tertiary/aromatic N) is 2. The number of nitrogens with two attached hydrogens (primary N) is 2. The summed E-state index contributed by atoms with van der Waals surface area (Å²) in [6, 6.07) is 0. The summed E-state index contributed by atoms with van der Waals surface area (Å²) in [5.74, 6) is 2.67. The molecule has 1 aliphatic rings. The number of carbonyl (C=O) groups excluding carboxylic acids is 1. The molecule has 22 heavy (non-hydrogen) atoms. The van der Waals surface area contributed by atoms with Crippen molar-refractivity contribution in [3.8, 4) is 0 Å². The fourth-order valence-corrected chi connectivity index (χ4v) is 2.40. The number of aliphatic hydroxyl groups excluding tert-OH is 2. The zero-order valence-electron chi connectivity index (χ0n) is 11.6. The predicted molar refractivity (Wildman–Crippen MR) is 70.3 cm³/mol. The van der Waals surface area contributed by atoms with E-state index in [-0.39, 0.29) is 0 Å². The van der Waals surface area contributed by atoms with E-state index in [0.717, 1.165) is 0 Å². The van der Waals surface area contributed by atoms with Crippen molar-refractivity contribution in [2.24, 2.45) is 11.3 Å². The summed E-state index contributed by atoms with van der Waals surface area (Å²) in [7, 11) is 0. The Morgan fingerprint density at radius 2 is 2.32 bits per heavy atom. The van der Waals surface area contributed by atoms with Crippen LogP contribution in [0.15, 0.2) is 11.0 Å². The van der Waals surface area contributed by atoms with Crippen LogP contribution in [-0.2, 0) is 9.53 Å². The van der Waals surface area contributed by atoms with E-state index in [1.807, 2.05) is 5.43 Å². The molecule has 0 saturated carbocycles. The standard InChI is InChI=1S/C11H16FN5O5/c1-11(9(20)16-14)5(3-18)22-8(6(11)19)17-2-4(12)7(13)15-10(17)21/h2,5-6,8,18-19H,3,14H2,1H3,(H,16,20)(H2,13,15,21)/t5-,6?,8?,11+/m1/s1. The monoisotopic (exact) mass is 317 g/mol. The molecule has 122 valence electrons. The van der Waals surface area contributed by atoms with Crippen LogP contribution < -0.4 is 22.7 Å². The van der Waals surface area contributed by atoms with E-state index < -0.39 is 53.7 Å². The summed E-state index contributed by atoms with van der Waals surface area (Å²) in [5, 5.41) is 19.7. The number of nitrogen functional groups attached to an aromatic ring is 1. The van der Waals surface area contributed by atoms with Gasteiger partial charge in [0.25, 0.3) is 0 Å². The first-order valence-electron chi connectivity index (χ1n) is 6.27. The average molecular weight is 317 g/mol. The Balaban J connectivity index is 2.49. The highest BCUT2D eigenvalue weighted by atomic mass is 19.1. The van der Waals surface area contributed by atoms with Crippen molar-refractivity contribution in [3.05, 3.63) is 22.5 Å². The second-order valence-corrected chi connectivity index (χ2v) is 5.06. The Hall–Kier alpha value is -2.08. The van der Waals surface area contributed by atoms with E-state index in [2.05, 4.69) is 4.98 Å². The van der Waals surface area contributed by atoms with Crippen LogP contribution in [0.3, 0.4) is 0 Å². The third kappa shape index (κ3) is 2.23. The van der Waals surface area contributed by atoms with Crippen molar-refractivity contribution in [2.75, 3.05) is 12.3 Å². The molecule has 1 saturated heterocycles. The van der Waals surface area contributed by atoms with Crippen molar-refractivity contribution in [3.63, 3.8) is 0 Å². The molecule has 4 atom stereocenters. The summed E-state index contributed by atoms with van der Waals surface area (Å²) < 4.78 is 19.5. The lowest BCUT2D eigenvalue weighted by Crippen LogP contribution is -2.53. The molecular weight excluding hydrogens is 301 g/mol. The van der Waals surface area contributed by atoms with E-state index in [0.29, 0.717) is 10.8 Å². The highest BCUT2D eigenvalue weighted by Gasteiger charge is 2.58. The zero-order valence-corrected chi connectivity index (χ0v) is 11.6. The molecule has 10 nitrogen and oxygen atoms in total. The second-order valence-electron chi connectivity index (χ2n) is 5.06. The number of carbonyl (C=O) groups is 1. The van der Waals surface area contributed by atoms with E-state index in [1.165, 1.54) is 6.92 Å². The number of hydrogen-bond donors (Lipinski definition) is 5. The minimum absolute atomic E-state index is 0.602. The minimum atomic E-state index is -1.65. The number of aromatic nitrogens is 2. The SMILES string of the molecule is C[C@@]1(C(=O)NN)C(O)C(n2cc(F)c(N)nc2=O)O[C@@H]1CO. The largest absolute Gasteiger partial charge is 0.394 e. The molecule has 0 aromatic carbocycles. The van der Waals surface area contributed by atoms with Crippen molar-refractivity contribution >= 4 is 11.7 Å². The molecule has 1 aromatic heterocycles. The maximum Gasteiger partial charge on any atom is 0.351 e. The summed E-state index contributed by atoms with van der Waals surface area (Å²) >= 11 is 0. The molecule has 2 unspecified atom stereocenters. The molecule has 7 N–H and O–H groups in total. The van der Waals surface area contributed by atoms with Crippen molar-refractivity contribution in [1.29, 1.82) is 0 Å². The van der Waals surface area contributed by atoms with Gasteiger partial charge in [0.05, 0.1) is 12.8 Å². The van der Waals surface area contributed by atoms with Crippen LogP contribution in [0, 0.1) is 11.2 Å². The summed E-state index contributed by atoms with van der Waals surface area (Å²) in [6.07, 6.45) is -3.48. The van der Waals surface area contributed by atoms with Crippen LogP contribution >= 0.6 is 0 Å². The Morgan fingerprint density at radius 3 is 2.86 bits per heavy atom. The number of rotatable bonds is 3. The number of halogens is 1.